The van der Waals surface area contributed by atoms with Gasteiger partial charge in [-0.05, 0) is 32.4 Å². The first-order valence-corrected chi connectivity index (χ1v) is 4.75. The van der Waals surface area contributed by atoms with Crippen molar-refractivity contribution in [3.8, 4) is 0 Å². The molecule has 0 N–H and O–H groups in total. The predicted octanol–water partition coefficient (Wildman–Crippen LogP) is 3.33. The van der Waals surface area contributed by atoms with Crippen LogP contribution in [0.15, 0.2) is 29.8 Å². The van der Waals surface area contributed by atoms with E-state index in [9.17, 15) is 4.79 Å². The van der Waals surface area contributed by atoms with Gasteiger partial charge in [0.2, 0.25) is 0 Å². The number of aryl methyl sites for hydroxylation is 1. The fraction of sp³-hybridized carbons (Fsp3) is 0.308. The molecular formula is C13H15O. The molecule has 0 aliphatic heterocycles. The molecule has 0 atom stereocenters. The van der Waals surface area contributed by atoms with Gasteiger partial charge in [-0.2, -0.15) is 0 Å². The van der Waals surface area contributed by atoms with E-state index in [1.807, 2.05) is 45.0 Å². The summed E-state index contributed by atoms with van der Waals surface area (Å²) < 4.78 is 0. The van der Waals surface area contributed by atoms with Crippen LogP contribution in [0.1, 0.15) is 36.2 Å². The smallest absolute Gasteiger partial charge is 0.166 e. The molecule has 0 saturated carbocycles. The van der Waals surface area contributed by atoms with Crippen LogP contribution in [0, 0.1) is 13.0 Å². The average Bonchev–Trinajstić information content (AvgIpc) is 2.15. The SMILES string of the molecule is CC(C)=CCC(=O)c1ccc[c]c1C. The van der Waals surface area contributed by atoms with E-state index < -0.39 is 0 Å². The molecule has 0 aliphatic carbocycles. The minimum absolute atomic E-state index is 0.167. The summed E-state index contributed by atoms with van der Waals surface area (Å²) in [5.74, 6) is 0.167. The number of hydrogen-bond acceptors (Lipinski definition) is 1. The minimum Gasteiger partial charge on any atom is -0.294 e. The summed E-state index contributed by atoms with van der Waals surface area (Å²) in [5, 5.41) is 0. The van der Waals surface area contributed by atoms with Crippen molar-refractivity contribution in [3.63, 3.8) is 0 Å². The van der Waals surface area contributed by atoms with E-state index in [-0.39, 0.29) is 5.78 Å². The standard InChI is InChI=1S/C13H15O/c1-10(2)8-9-13(14)12-7-5-4-6-11(12)3/h4-5,7-8H,9H2,1-3H3. The van der Waals surface area contributed by atoms with Crippen LogP contribution in [-0.4, -0.2) is 5.78 Å². The zero-order chi connectivity index (χ0) is 10.6. The van der Waals surface area contributed by atoms with E-state index in [1.165, 1.54) is 5.57 Å². The van der Waals surface area contributed by atoms with Gasteiger partial charge in [0.15, 0.2) is 5.78 Å². The molecule has 73 valence electrons. The second-order valence-corrected chi connectivity index (χ2v) is 3.62. The molecule has 1 aromatic rings. The van der Waals surface area contributed by atoms with Gasteiger partial charge in [0.1, 0.15) is 0 Å². The molecule has 1 radical (unpaired) electrons. The van der Waals surface area contributed by atoms with Crippen LogP contribution in [0.4, 0.5) is 0 Å². The molecule has 0 amide bonds. The Kier molecular flexibility index (Phi) is 3.63. The third-order valence-electron chi connectivity index (χ3n) is 2.06. The van der Waals surface area contributed by atoms with Gasteiger partial charge in [0.25, 0.3) is 0 Å². The van der Waals surface area contributed by atoms with Crippen molar-refractivity contribution in [1.82, 2.24) is 0 Å². The summed E-state index contributed by atoms with van der Waals surface area (Å²) in [6.45, 7) is 5.91. The number of Topliss-reactive ketones (excluding diaryl/α,β-unsaturated/α-hetero) is 1. The van der Waals surface area contributed by atoms with Gasteiger partial charge in [-0.1, -0.05) is 29.8 Å². The molecule has 0 aliphatic rings. The molecule has 0 heterocycles. The van der Waals surface area contributed by atoms with E-state index in [2.05, 4.69) is 6.07 Å². The highest BCUT2D eigenvalue weighted by atomic mass is 16.1. The number of rotatable bonds is 3. The van der Waals surface area contributed by atoms with E-state index in [0.29, 0.717) is 6.42 Å². The normalized spacial score (nSPS) is 9.64. The maximum atomic E-state index is 11.7. The lowest BCUT2D eigenvalue weighted by Gasteiger charge is -2.01. The number of carbonyl (C=O) groups is 1. The average molecular weight is 187 g/mol. The summed E-state index contributed by atoms with van der Waals surface area (Å²) in [6.07, 6.45) is 2.44. The van der Waals surface area contributed by atoms with Crippen molar-refractivity contribution in [2.45, 2.75) is 27.2 Å². The van der Waals surface area contributed by atoms with Crippen molar-refractivity contribution in [3.05, 3.63) is 47.0 Å². The first kappa shape index (κ1) is 10.7. The zero-order valence-electron chi connectivity index (χ0n) is 8.92. The van der Waals surface area contributed by atoms with Gasteiger partial charge < -0.3 is 0 Å². The second kappa shape index (κ2) is 4.75. The Hall–Kier alpha value is -1.37. The summed E-state index contributed by atoms with van der Waals surface area (Å²) in [4.78, 5) is 11.7. The molecule has 14 heavy (non-hydrogen) atoms. The lowest BCUT2D eigenvalue weighted by Crippen LogP contribution is -1.99. The summed E-state index contributed by atoms with van der Waals surface area (Å²) in [6, 6.07) is 8.56. The van der Waals surface area contributed by atoms with Crippen LogP contribution >= 0.6 is 0 Å². The van der Waals surface area contributed by atoms with Crippen molar-refractivity contribution >= 4 is 5.78 Å². The van der Waals surface area contributed by atoms with Crippen LogP contribution < -0.4 is 0 Å². The quantitative estimate of drug-likeness (QED) is 0.524. The van der Waals surface area contributed by atoms with Gasteiger partial charge in [-0.3, -0.25) is 4.79 Å². The highest BCUT2D eigenvalue weighted by Gasteiger charge is 2.05. The minimum atomic E-state index is 0.167. The molecule has 1 rings (SSSR count). The maximum absolute atomic E-state index is 11.7. The largest absolute Gasteiger partial charge is 0.294 e. The third kappa shape index (κ3) is 2.84. The molecule has 0 bridgehead atoms. The summed E-state index contributed by atoms with van der Waals surface area (Å²) >= 11 is 0. The van der Waals surface area contributed by atoms with Crippen LogP contribution in [0.25, 0.3) is 0 Å². The van der Waals surface area contributed by atoms with Gasteiger partial charge in [-0.25, -0.2) is 0 Å². The third-order valence-corrected chi connectivity index (χ3v) is 2.06. The van der Waals surface area contributed by atoms with Crippen molar-refractivity contribution < 1.29 is 4.79 Å². The molecule has 0 fully saturated rings. The summed E-state index contributed by atoms with van der Waals surface area (Å²) in [5.41, 5.74) is 2.89. The van der Waals surface area contributed by atoms with Crippen LogP contribution in [0.3, 0.4) is 0 Å². The van der Waals surface area contributed by atoms with Gasteiger partial charge in [-0.15, -0.1) is 0 Å². The van der Waals surface area contributed by atoms with Crippen LogP contribution in [0.5, 0.6) is 0 Å². The van der Waals surface area contributed by atoms with Gasteiger partial charge in [0, 0.05) is 12.0 Å². The number of benzene rings is 1. The number of ketones is 1. The molecule has 1 aromatic carbocycles. The molecule has 1 nitrogen and oxygen atoms in total. The molecule has 0 aromatic heterocycles. The van der Waals surface area contributed by atoms with E-state index >= 15 is 0 Å². The molecule has 0 saturated heterocycles. The topological polar surface area (TPSA) is 17.1 Å². The Morgan fingerprint density at radius 3 is 2.79 bits per heavy atom. The Balaban J connectivity index is 2.80. The Morgan fingerprint density at radius 1 is 1.50 bits per heavy atom. The predicted molar refractivity (Wildman–Crippen MR) is 58.4 cm³/mol. The Labute approximate surface area is 85.5 Å². The molecule has 0 spiro atoms. The van der Waals surface area contributed by atoms with Crippen molar-refractivity contribution in [2.75, 3.05) is 0 Å². The Morgan fingerprint density at radius 2 is 2.21 bits per heavy atom. The first-order valence-electron chi connectivity index (χ1n) is 4.75. The maximum Gasteiger partial charge on any atom is 0.166 e. The highest BCUT2D eigenvalue weighted by Crippen LogP contribution is 2.10. The van der Waals surface area contributed by atoms with E-state index in [0.717, 1.165) is 11.1 Å². The molecule has 0 unspecified atom stereocenters. The second-order valence-electron chi connectivity index (χ2n) is 3.62. The fourth-order valence-electron chi connectivity index (χ4n) is 1.23. The van der Waals surface area contributed by atoms with E-state index in [4.69, 9.17) is 0 Å². The van der Waals surface area contributed by atoms with Crippen molar-refractivity contribution in [2.24, 2.45) is 0 Å². The summed E-state index contributed by atoms with van der Waals surface area (Å²) in [7, 11) is 0. The zero-order valence-corrected chi connectivity index (χ0v) is 8.92. The van der Waals surface area contributed by atoms with Crippen LogP contribution in [-0.2, 0) is 0 Å². The van der Waals surface area contributed by atoms with Gasteiger partial charge in [0.05, 0.1) is 0 Å². The first-order chi connectivity index (χ1) is 6.61. The lowest BCUT2D eigenvalue weighted by atomic mass is 10.0. The Bertz CT molecular complexity index is 357. The van der Waals surface area contributed by atoms with E-state index in [1.54, 1.807) is 0 Å². The fourth-order valence-corrected chi connectivity index (χ4v) is 1.23. The van der Waals surface area contributed by atoms with Crippen molar-refractivity contribution in [1.29, 1.82) is 0 Å². The van der Waals surface area contributed by atoms with Crippen LogP contribution in [0.2, 0.25) is 0 Å². The molecule has 1 heteroatoms. The number of allylic oxidation sites excluding steroid dienone is 2. The monoisotopic (exact) mass is 187 g/mol. The highest BCUT2D eigenvalue weighted by molar-refractivity contribution is 5.98. The van der Waals surface area contributed by atoms with Gasteiger partial charge >= 0.3 is 0 Å². The lowest BCUT2D eigenvalue weighted by molar-refractivity contribution is 0.0995. The number of hydrogen-bond donors (Lipinski definition) is 0. The number of carbonyl (C=O) groups excluding carboxylic acids is 1. The molecular weight excluding hydrogens is 172 g/mol.